The summed E-state index contributed by atoms with van der Waals surface area (Å²) in [6, 6.07) is 5.68. The molecule has 0 saturated carbocycles. The van der Waals surface area contributed by atoms with E-state index in [0.29, 0.717) is 19.8 Å². The molecular formula is C17H19FN4O3S. The van der Waals surface area contributed by atoms with Gasteiger partial charge < -0.3 is 10.1 Å². The molecule has 3 rings (SSSR count). The van der Waals surface area contributed by atoms with Gasteiger partial charge in [-0.1, -0.05) is 12.1 Å². The van der Waals surface area contributed by atoms with Gasteiger partial charge in [0.1, 0.15) is 11.5 Å². The Labute approximate surface area is 154 Å². The van der Waals surface area contributed by atoms with Crippen molar-refractivity contribution < 1.29 is 18.7 Å². The molecule has 0 unspecified atom stereocenters. The zero-order valence-corrected chi connectivity index (χ0v) is 14.9. The Morgan fingerprint density at radius 1 is 1.23 bits per heavy atom. The van der Waals surface area contributed by atoms with Crippen molar-refractivity contribution in [3.63, 3.8) is 0 Å². The van der Waals surface area contributed by atoms with Gasteiger partial charge in [-0.15, -0.1) is 11.3 Å². The molecule has 1 aromatic carbocycles. The van der Waals surface area contributed by atoms with Crippen molar-refractivity contribution in [2.75, 3.05) is 44.7 Å². The van der Waals surface area contributed by atoms with Gasteiger partial charge in [-0.3, -0.25) is 19.8 Å². The Balaban J connectivity index is 1.49. The van der Waals surface area contributed by atoms with Crippen LogP contribution in [0.3, 0.4) is 0 Å². The zero-order chi connectivity index (χ0) is 18.4. The maximum atomic E-state index is 13.6. The Hall–Kier alpha value is -2.36. The SMILES string of the molecule is O=C(NCCN1CCOCC1)c1csc(NC(=O)c2ccccc2F)n1. The van der Waals surface area contributed by atoms with Gasteiger partial charge in [-0.25, -0.2) is 9.37 Å². The molecule has 2 aromatic rings. The smallest absolute Gasteiger partial charge is 0.270 e. The summed E-state index contributed by atoms with van der Waals surface area (Å²) in [5.41, 5.74) is 0.153. The molecule has 2 N–H and O–H groups in total. The minimum atomic E-state index is -0.609. The first-order chi connectivity index (χ1) is 12.6. The van der Waals surface area contributed by atoms with Crippen LogP contribution < -0.4 is 10.6 Å². The van der Waals surface area contributed by atoms with Crippen molar-refractivity contribution in [1.82, 2.24) is 15.2 Å². The monoisotopic (exact) mass is 378 g/mol. The number of thiazole rings is 1. The van der Waals surface area contributed by atoms with E-state index in [9.17, 15) is 14.0 Å². The summed E-state index contributed by atoms with van der Waals surface area (Å²) in [6.45, 7) is 4.40. The van der Waals surface area contributed by atoms with Crippen LogP contribution in [0, 0.1) is 5.82 Å². The second kappa shape index (κ2) is 8.84. The van der Waals surface area contributed by atoms with Crippen molar-refractivity contribution in [1.29, 1.82) is 0 Å². The quantitative estimate of drug-likeness (QED) is 0.798. The Morgan fingerprint density at radius 2 is 2.00 bits per heavy atom. The average Bonchev–Trinajstić information content (AvgIpc) is 3.11. The Bertz CT molecular complexity index is 777. The lowest BCUT2D eigenvalue weighted by Gasteiger charge is -2.26. The Kier molecular flexibility index (Phi) is 6.26. The number of nitrogens with zero attached hydrogens (tertiary/aromatic N) is 2. The molecule has 1 aliphatic rings. The number of amides is 2. The lowest BCUT2D eigenvalue weighted by molar-refractivity contribution is 0.0383. The maximum Gasteiger partial charge on any atom is 0.270 e. The normalized spacial score (nSPS) is 14.8. The number of aromatic nitrogens is 1. The molecule has 0 atom stereocenters. The molecule has 26 heavy (non-hydrogen) atoms. The number of hydrogen-bond donors (Lipinski definition) is 2. The highest BCUT2D eigenvalue weighted by atomic mass is 32.1. The second-order valence-electron chi connectivity index (χ2n) is 5.68. The van der Waals surface area contributed by atoms with E-state index >= 15 is 0 Å². The van der Waals surface area contributed by atoms with Crippen molar-refractivity contribution in [3.05, 3.63) is 46.7 Å². The summed E-state index contributed by atoms with van der Waals surface area (Å²) in [7, 11) is 0. The largest absolute Gasteiger partial charge is 0.379 e. The topological polar surface area (TPSA) is 83.6 Å². The number of anilines is 1. The van der Waals surface area contributed by atoms with E-state index in [0.717, 1.165) is 31.0 Å². The van der Waals surface area contributed by atoms with Gasteiger partial charge in [0.05, 0.1) is 18.8 Å². The molecule has 1 fully saturated rings. The van der Waals surface area contributed by atoms with Gasteiger partial charge >= 0.3 is 0 Å². The number of hydrogen-bond acceptors (Lipinski definition) is 6. The molecule has 1 saturated heterocycles. The zero-order valence-electron chi connectivity index (χ0n) is 14.0. The third-order valence-corrected chi connectivity index (χ3v) is 4.65. The van der Waals surface area contributed by atoms with Crippen LogP contribution >= 0.6 is 11.3 Å². The number of rotatable bonds is 6. The fourth-order valence-corrected chi connectivity index (χ4v) is 3.17. The van der Waals surface area contributed by atoms with Gasteiger partial charge in [-0.2, -0.15) is 0 Å². The molecular weight excluding hydrogens is 359 g/mol. The summed E-state index contributed by atoms with van der Waals surface area (Å²) in [4.78, 5) is 30.5. The highest BCUT2D eigenvalue weighted by molar-refractivity contribution is 7.14. The van der Waals surface area contributed by atoms with Gasteiger partial charge in [0, 0.05) is 31.6 Å². The summed E-state index contributed by atoms with van der Waals surface area (Å²) in [5, 5.41) is 7.12. The molecule has 1 aromatic heterocycles. The number of halogens is 1. The van der Waals surface area contributed by atoms with E-state index in [1.165, 1.54) is 18.2 Å². The van der Waals surface area contributed by atoms with Crippen molar-refractivity contribution in [3.8, 4) is 0 Å². The predicted octanol–water partition coefficient (Wildman–Crippen LogP) is 1.60. The van der Waals surface area contributed by atoms with E-state index in [2.05, 4.69) is 20.5 Å². The molecule has 7 nitrogen and oxygen atoms in total. The van der Waals surface area contributed by atoms with Crippen LogP contribution in [0.2, 0.25) is 0 Å². The molecule has 0 spiro atoms. The number of nitrogens with one attached hydrogen (secondary N) is 2. The molecule has 0 radical (unpaired) electrons. The van der Waals surface area contributed by atoms with Gasteiger partial charge in [0.15, 0.2) is 5.13 Å². The van der Waals surface area contributed by atoms with Crippen LogP contribution in [0.25, 0.3) is 0 Å². The van der Waals surface area contributed by atoms with E-state index < -0.39 is 11.7 Å². The number of ether oxygens (including phenoxy) is 1. The molecule has 138 valence electrons. The second-order valence-corrected chi connectivity index (χ2v) is 6.54. The van der Waals surface area contributed by atoms with Crippen LogP contribution in [0.15, 0.2) is 29.6 Å². The first kappa shape index (κ1) is 18.4. The minimum absolute atomic E-state index is 0.0702. The standard InChI is InChI=1S/C17H19FN4O3S/c18-13-4-2-1-3-12(13)15(23)21-17-20-14(11-26-17)16(24)19-5-6-22-7-9-25-10-8-22/h1-4,11H,5-10H2,(H,19,24)(H,20,21,23). The van der Waals surface area contributed by atoms with Crippen LogP contribution in [0.4, 0.5) is 9.52 Å². The highest BCUT2D eigenvalue weighted by Crippen LogP contribution is 2.17. The van der Waals surface area contributed by atoms with E-state index in [1.54, 1.807) is 11.4 Å². The van der Waals surface area contributed by atoms with Crippen LogP contribution in [-0.2, 0) is 4.74 Å². The predicted molar refractivity (Wildman–Crippen MR) is 96.1 cm³/mol. The third-order valence-electron chi connectivity index (χ3n) is 3.89. The van der Waals surface area contributed by atoms with Crippen molar-refractivity contribution >= 4 is 28.3 Å². The lowest BCUT2D eigenvalue weighted by Crippen LogP contribution is -2.41. The van der Waals surface area contributed by atoms with Crippen molar-refractivity contribution in [2.45, 2.75) is 0 Å². The Morgan fingerprint density at radius 3 is 2.77 bits per heavy atom. The molecule has 2 amide bonds. The average molecular weight is 378 g/mol. The maximum absolute atomic E-state index is 13.6. The van der Waals surface area contributed by atoms with E-state index in [4.69, 9.17) is 4.74 Å². The first-order valence-electron chi connectivity index (χ1n) is 8.23. The lowest BCUT2D eigenvalue weighted by atomic mass is 10.2. The molecule has 9 heteroatoms. The molecule has 2 heterocycles. The van der Waals surface area contributed by atoms with Crippen LogP contribution in [0.5, 0.6) is 0 Å². The van der Waals surface area contributed by atoms with Gasteiger partial charge in [0.25, 0.3) is 11.8 Å². The van der Waals surface area contributed by atoms with Crippen LogP contribution in [0.1, 0.15) is 20.8 Å². The summed E-state index contributed by atoms with van der Waals surface area (Å²) in [5.74, 6) is -1.51. The summed E-state index contributed by atoms with van der Waals surface area (Å²) in [6.07, 6.45) is 0. The van der Waals surface area contributed by atoms with Crippen LogP contribution in [-0.4, -0.2) is 61.1 Å². The third kappa shape index (κ3) is 4.84. The number of morpholine rings is 1. The van der Waals surface area contributed by atoms with E-state index in [-0.39, 0.29) is 22.3 Å². The first-order valence-corrected chi connectivity index (χ1v) is 9.11. The summed E-state index contributed by atoms with van der Waals surface area (Å²) < 4.78 is 18.9. The minimum Gasteiger partial charge on any atom is -0.379 e. The molecule has 0 aliphatic carbocycles. The van der Waals surface area contributed by atoms with Crippen molar-refractivity contribution in [2.24, 2.45) is 0 Å². The van der Waals surface area contributed by atoms with E-state index in [1.807, 2.05) is 0 Å². The number of benzene rings is 1. The molecule has 1 aliphatic heterocycles. The molecule has 0 bridgehead atoms. The van der Waals surface area contributed by atoms with Gasteiger partial charge in [-0.05, 0) is 12.1 Å². The van der Waals surface area contributed by atoms with Gasteiger partial charge in [0.2, 0.25) is 0 Å². The highest BCUT2D eigenvalue weighted by Gasteiger charge is 2.16. The summed E-state index contributed by atoms with van der Waals surface area (Å²) >= 11 is 1.11. The number of carbonyl (C=O) groups is 2. The number of carbonyl (C=O) groups excluding carboxylic acids is 2. The fourth-order valence-electron chi connectivity index (χ4n) is 2.49. The fraction of sp³-hybridized carbons (Fsp3) is 0.353.